The molecule has 0 aliphatic heterocycles. The van der Waals surface area contributed by atoms with E-state index in [1.807, 2.05) is 54.6 Å². The molecule has 0 radical (unpaired) electrons. The van der Waals surface area contributed by atoms with Gasteiger partial charge in [-0.3, -0.25) is 9.59 Å². The summed E-state index contributed by atoms with van der Waals surface area (Å²) < 4.78 is 7.65. The molecule has 4 rings (SSSR count). The molecule has 1 fully saturated rings. The van der Waals surface area contributed by atoms with Gasteiger partial charge in [-0.2, -0.15) is 5.10 Å². The Morgan fingerprint density at radius 2 is 1.77 bits per heavy atom. The highest BCUT2D eigenvalue weighted by atomic mass is 16.5. The fourth-order valence-corrected chi connectivity index (χ4v) is 3.86. The van der Waals surface area contributed by atoms with Crippen LogP contribution in [0.4, 0.5) is 0 Å². The number of nitrogens with zero attached hydrogens (tertiary/aromatic N) is 2. The number of hydrogen-bond acceptors (Lipinski definition) is 4. The summed E-state index contributed by atoms with van der Waals surface area (Å²) in [5, 5.41) is 7.11. The Labute approximate surface area is 181 Å². The Morgan fingerprint density at radius 3 is 2.48 bits per heavy atom. The summed E-state index contributed by atoms with van der Waals surface area (Å²) in [6.45, 7) is 2.10. The highest BCUT2D eigenvalue weighted by Gasteiger charge is 2.16. The lowest BCUT2D eigenvalue weighted by atomic mass is 9.98. The third-order valence-electron chi connectivity index (χ3n) is 5.55. The second kappa shape index (κ2) is 9.60. The number of aryl methyl sites for hydroxylation is 1. The SMILES string of the molecule is Cc1cc(=O)c(C(=O)NCc2ccc(OC3CCCCC3)cc2)nn1-c1ccccc1. The Morgan fingerprint density at radius 1 is 1.06 bits per heavy atom. The summed E-state index contributed by atoms with van der Waals surface area (Å²) in [5.74, 6) is 0.366. The van der Waals surface area contributed by atoms with Crippen molar-refractivity contribution >= 4 is 5.91 Å². The Balaban J connectivity index is 1.41. The van der Waals surface area contributed by atoms with E-state index in [0.29, 0.717) is 18.3 Å². The van der Waals surface area contributed by atoms with Gasteiger partial charge in [0.2, 0.25) is 5.43 Å². The first-order chi connectivity index (χ1) is 15.1. The van der Waals surface area contributed by atoms with Gasteiger partial charge < -0.3 is 10.1 Å². The summed E-state index contributed by atoms with van der Waals surface area (Å²) in [6.07, 6.45) is 6.29. The Hall–Kier alpha value is -3.41. The van der Waals surface area contributed by atoms with Crippen LogP contribution in [0.25, 0.3) is 5.69 Å². The van der Waals surface area contributed by atoms with Gasteiger partial charge in [-0.25, -0.2) is 4.68 Å². The fraction of sp³-hybridized carbons (Fsp3) is 0.320. The minimum absolute atomic E-state index is 0.119. The van der Waals surface area contributed by atoms with Crippen molar-refractivity contribution in [2.24, 2.45) is 0 Å². The van der Waals surface area contributed by atoms with Gasteiger partial charge in [0.1, 0.15) is 5.75 Å². The molecule has 0 bridgehead atoms. The van der Waals surface area contributed by atoms with Crippen molar-refractivity contribution in [2.45, 2.75) is 51.7 Å². The van der Waals surface area contributed by atoms with Crippen LogP contribution in [0, 0.1) is 6.92 Å². The molecule has 1 aromatic heterocycles. The molecular weight excluding hydrogens is 390 g/mol. The van der Waals surface area contributed by atoms with E-state index in [-0.39, 0.29) is 5.69 Å². The van der Waals surface area contributed by atoms with Crippen molar-refractivity contribution in [1.82, 2.24) is 15.1 Å². The lowest BCUT2D eigenvalue weighted by Gasteiger charge is -2.23. The van der Waals surface area contributed by atoms with E-state index >= 15 is 0 Å². The number of hydrogen-bond donors (Lipinski definition) is 1. The van der Waals surface area contributed by atoms with Crippen molar-refractivity contribution in [3.63, 3.8) is 0 Å². The van der Waals surface area contributed by atoms with E-state index in [1.54, 1.807) is 11.6 Å². The Bertz CT molecular complexity index is 1090. The molecule has 1 N–H and O–H groups in total. The smallest absolute Gasteiger partial charge is 0.276 e. The number of nitrogens with one attached hydrogen (secondary N) is 1. The molecule has 3 aromatic rings. The molecule has 1 aliphatic carbocycles. The van der Waals surface area contributed by atoms with Crippen LogP contribution in [0.5, 0.6) is 5.75 Å². The average Bonchev–Trinajstić information content (AvgIpc) is 2.80. The topological polar surface area (TPSA) is 73.2 Å². The zero-order valence-corrected chi connectivity index (χ0v) is 17.7. The van der Waals surface area contributed by atoms with E-state index in [4.69, 9.17) is 4.74 Å². The van der Waals surface area contributed by atoms with Crippen molar-refractivity contribution in [3.05, 3.63) is 87.8 Å². The first-order valence-corrected chi connectivity index (χ1v) is 10.8. The number of rotatable bonds is 6. The monoisotopic (exact) mass is 417 g/mol. The van der Waals surface area contributed by atoms with Crippen molar-refractivity contribution in [3.8, 4) is 11.4 Å². The van der Waals surface area contributed by atoms with Gasteiger partial charge in [0, 0.05) is 18.3 Å². The molecule has 2 aromatic carbocycles. The number of amides is 1. The minimum Gasteiger partial charge on any atom is -0.490 e. The molecule has 0 spiro atoms. The third-order valence-corrected chi connectivity index (χ3v) is 5.55. The zero-order chi connectivity index (χ0) is 21.6. The summed E-state index contributed by atoms with van der Waals surface area (Å²) in [5.41, 5.74) is 1.88. The van der Waals surface area contributed by atoms with Crippen molar-refractivity contribution in [2.75, 3.05) is 0 Å². The van der Waals surface area contributed by atoms with Crippen LogP contribution in [0.15, 0.2) is 65.5 Å². The highest BCUT2D eigenvalue weighted by Crippen LogP contribution is 2.23. The van der Waals surface area contributed by atoms with Crippen LogP contribution in [0.2, 0.25) is 0 Å². The molecule has 160 valence electrons. The normalized spacial score (nSPS) is 14.2. The number of benzene rings is 2. The second-order valence-corrected chi connectivity index (χ2v) is 7.95. The summed E-state index contributed by atoms with van der Waals surface area (Å²) >= 11 is 0. The van der Waals surface area contributed by atoms with Crippen LogP contribution in [-0.4, -0.2) is 21.8 Å². The molecule has 1 saturated carbocycles. The Kier molecular flexibility index (Phi) is 6.46. The molecule has 1 heterocycles. The van der Waals surface area contributed by atoms with Crippen LogP contribution >= 0.6 is 0 Å². The maximum absolute atomic E-state index is 12.7. The molecule has 1 aliphatic rings. The molecule has 1 amide bonds. The molecule has 0 unspecified atom stereocenters. The highest BCUT2D eigenvalue weighted by molar-refractivity contribution is 5.92. The van der Waals surface area contributed by atoms with Crippen LogP contribution < -0.4 is 15.5 Å². The summed E-state index contributed by atoms with van der Waals surface area (Å²) in [4.78, 5) is 25.0. The molecule has 0 saturated heterocycles. The average molecular weight is 418 g/mol. The molecule has 6 nitrogen and oxygen atoms in total. The summed E-state index contributed by atoms with van der Waals surface area (Å²) in [6, 6.07) is 18.6. The molecule has 31 heavy (non-hydrogen) atoms. The van der Waals surface area contributed by atoms with E-state index in [9.17, 15) is 9.59 Å². The second-order valence-electron chi connectivity index (χ2n) is 7.95. The standard InChI is InChI=1S/C25H27N3O3/c1-18-16-23(29)24(27-28(18)20-8-4-2-5-9-20)25(30)26-17-19-12-14-22(15-13-19)31-21-10-6-3-7-11-21/h2,4-5,8-9,12-16,21H,3,6-7,10-11,17H2,1H3,(H,26,30). The summed E-state index contributed by atoms with van der Waals surface area (Å²) in [7, 11) is 0. The van der Waals surface area contributed by atoms with E-state index < -0.39 is 11.3 Å². The predicted octanol–water partition coefficient (Wildman–Crippen LogP) is 4.18. The van der Waals surface area contributed by atoms with E-state index in [1.165, 1.54) is 25.3 Å². The fourth-order valence-electron chi connectivity index (χ4n) is 3.86. The first kappa shape index (κ1) is 20.8. The van der Waals surface area contributed by atoms with Crippen molar-refractivity contribution < 1.29 is 9.53 Å². The van der Waals surface area contributed by atoms with Gasteiger partial charge in [0.25, 0.3) is 5.91 Å². The minimum atomic E-state index is -0.489. The molecule has 6 heteroatoms. The van der Waals surface area contributed by atoms with Gasteiger partial charge in [-0.1, -0.05) is 36.8 Å². The molecular formula is C25H27N3O3. The van der Waals surface area contributed by atoms with Gasteiger partial charge >= 0.3 is 0 Å². The van der Waals surface area contributed by atoms with E-state index in [0.717, 1.165) is 29.8 Å². The van der Waals surface area contributed by atoms with Crippen LogP contribution in [-0.2, 0) is 6.54 Å². The van der Waals surface area contributed by atoms with Gasteiger partial charge in [-0.05, 0) is 62.4 Å². The van der Waals surface area contributed by atoms with Crippen LogP contribution in [0.3, 0.4) is 0 Å². The lowest BCUT2D eigenvalue weighted by molar-refractivity contribution is 0.0943. The maximum atomic E-state index is 12.7. The van der Waals surface area contributed by atoms with Gasteiger partial charge in [0.05, 0.1) is 11.8 Å². The maximum Gasteiger partial charge on any atom is 0.276 e. The number of carbonyl (C=O) groups is 1. The largest absolute Gasteiger partial charge is 0.490 e. The number of ether oxygens (including phenoxy) is 1. The third kappa shape index (κ3) is 5.20. The first-order valence-electron chi connectivity index (χ1n) is 10.8. The predicted molar refractivity (Wildman–Crippen MR) is 120 cm³/mol. The molecule has 0 atom stereocenters. The van der Waals surface area contributed by atoms with Crippen molar-refractivity contribution in [1.29, 1.82) is 0 Å². The lowest BCUT2D eigenvalue weighted by Crippen LogP contribution is -2.31. The zero-order valence-electron chi connectivity index (χ0n) is 17.7. The van der Waals surface area contributed by atoms with Crippen LogP contribution in [0.1, 0.15) is 53.8 Å². The quantitative estimate of drug-likeness (QED) is 0.653. The number of para-hydroxylation sites is 1. The number of carbonyl (C=O) groups excluding carboxylic acids is 1. The number of aromatic nitrogens is 2. The van der Waals surface area contributed by atoms with Gasteiger partial charge in [-0.15, -0.1) is 0 Å². The van der Waals surface area contributed by atoms with E-state index in [2.05, 4.69) is 10.4 Å². The van der Waals surface area contributed by atoms with Gasteiger partial charge in [0.15, 0.2) is 5.69 Å².